The maximum absolute atomic E-state index is 13.0. The van der Waals surface area contributed by atoms with Crippen LogP contribution < -0.4 is 4.74 Å². The number of aromatic nitrogens is 1. The van der Waals surface area contributed by atoms with Crippen molar-refractivity contribution >= 4 is 17.4 Å². The van der Waals surface area contributed by atoms with E-state index in [2.05, 4.69) is 11.9 Å². The Hall–Kier alpha value is -3.19. The van der Waals surface area contributed by atoms with E-state index in [1.165, 1.54) is 4.90 Å². The van der Waals surface area contributed by atoms with Gasteiger partial charge in [0, 0.05) is 38.2 Å². The molecule has 1 unspecified atom stereocenters. The van der Waals surface area contributed by atoms with Crippen LogP contribution >= 0.6 is 0 Å². The zero-order chi connectivity index (χ0) is 22.2. The highest BCUT2D eigenvalue weighted by Gasteiger charge is 2.45. The number of hydrogen-bond donors (Lipinski definition) is 1. The van der Waals surface area contributed by atoms with E-state index in [0.29, 0.717) is 43.1 Å². The van der Waals surface area contributed by atoms with Gasteiger partial charge in [0.15, 0.2) is 0 Å². The molecule has 31 heavy (non-hydrogen) atoms. The number of aliphatic hydroxyl groups excluding tert-OH is 1. The Morgan fingerprint density at radius 1 is 1.13 bits per heavy atom. The van der Waals surface area contributed by atoms with Gasteiger partial charge in [-0.2, -0.15) is 0 Å². The van der Waals surface area contributed by atoms with Crippen LogP contribution in [-0.4, -0.2) is 53.5 Å². The van der Waals surface area contributed by atoms with Crippen molar-refractivity contribution in [3.05, 3.63) is 65.5 Å². The Balaban J connectivity index is 2.01. The summed E-state index contributed by atoms with van der Waals surface area (Å²) in [5.74, 6) is -0.938. The molecule has 1 fully saturated rings. The van der Waals surface area contributed by atoms with E-state index in [1.807, 2.05) is 0 Å². The topological polar surface area (TPSA) is 89.0 Å². The fourth-order valence-corrected chi connectivity index (χ4v) is 3.61. The number of amides is 1. The number of pyridine rings is 1. The van der Waals surface area contributed by atoms with E-state index in [9.17, 15) is 14.7 Å². The maximum Gasteiger partial charge on any atom is 0.295 e. The Bertz CT molecular complexity index is 942. The second kappa shape index (κ2) is 10.7. The summed E-state index contributed by atoms with van der Waals surface area (Å²) >= 11 is 0. The third kappa shape index (κ3) is 5.11. The summed E-state index contributed by atoms with van der Waals surface area (Å²) in [4.78, 5) is 31.3. The average molecular weight is 424 g/mol. The number of carbonyl (C=O) groups excluding carboxylic acids is 2. The van der Waals surface area contributed by atoms with Gasteiger partial charge in [0.05, 0.1) is 18.2 Å². The van der Waals surface area contributed by atoms with Crippen LogP contribution in [-0.2, 0) is 14.3 Å². The van der Waals surface area contributed by atoms with Crippen LogP contribution in [0.1, 0.15) is 43.4 Å². The molecule has 0 saturated carbocycles. The Morgan fingerprint density at radius 2 is 1.90 bits per heavy atom. The highest BCUT2D eigenvalue weighted by atomic mass is 16.5. The van der Waals surface area contributed by atoms with Crippen molar-refractivity contribution in [3.63, 3.8) is 0 Å². The van der Waals surface area contributed by atoms with Gasteiger partial charge in [0.1, 0.15) is 11.5 Å². The minimum Gasteiger partial charge on any atom is -0.507 e. The van der Waals surface area contributed by atoms with Gasteiger partial charge in [-0.1, -0.05) is 25.5 Å². The fraction of sp³-hybridized carbons (Fsp3) is 0.375. The van der Waals surface area contributed by atoms with Crippen LogP contribution in [0, 0.1) is 0 Å². The highest BCUT2D eigenvalue weighted by Crippen LogP contribution is 2.39. The smallest absolute Gasteiger partial charge is 0.295 e. The molecular formula is C24H28N2O5. The lowest BCUT2D eigenvalue weighted by Crippen LogP contribution is -2.31. The van der Waals surface area contributed by atoms with Gasteiger partial charge in [-0.05, 0) is 42.7 Å². The lowest BCUT2D eigenvalue weighted by molar-refractivity contribution is -0.140. The molecule has 2 heterocycles. The summed E-state index contributed by atoms with van der Waals surface area (Å²) in [5.41, 5.74) is 1.21. The van der Waals surface area contributed by atoms with Crippen molar-refractivity contribution in [1.82, 2.24) is 9.88 Å². The molecule has 1 aliphatic rings. The molecule has 1 amide bonds. The standard InChI is InChI=1S/C24H28N2O5/c1-3-4-15-31-19-8-5-7-18(16-19)22(27)20-21(17-9-11-25-12-10-17)26(13-6-14-30-2)24(29)23(20)28/h5,7-12,16,21,27H,3-4,6,13-15H2,1-2H3. The normalized spacial score (nSPS) is 17.9. The van der Waals surface area contributed by atoms with E-state index in [4.69, 9.17) is 9.47 Å². The van der Waals surface area contributed by atoms with Gasteiger partial charge in [0.2, 0.25) is 0 Å². The molecule has 0 aliphatic carbocycles. The van der Waals surface area contributed by atoms with Crippen molar-refractivity contribution in [3.8, 4) is 5.75 Å². The molecule has 1 aromatic carbocycles. The number of benzene rings is 1. The summed E-state index contributed by atoms with van der Waals surface area (Å²) < 4.78 is 10.8. The van der Waals surface area contributed by atoms with Crippen LogP contribution in [0.3, 0.4) is 0 Å². The first kappa shape index (κ1) is 22.5. The number of hydrogen-bond acceptors (Lipinski definition) is 6. The molecule has 0 radical (unpaired) electrons. The SMILES string of the molecule is CCCCOc1cccc(C(O)=C2C(=O)C(=O)N(CCCOC)C2c2ccncc2)c1. The zero-order valence-electron chi connectivity index (χ0n) is 17.9. The van der Waals surface area contributed by atoms with Crippen molar-refractivity contribution in [2.24, 2.45) is 0 Å². The third-order valence-electron chi connectivity index (χ3n) is 5.18. The predicted octanol–water partition coefficient (Wildman–Crippen LogP) is 3.72. The monoisotopic (exact) mass is 424 g/mol. The molecule has 1 atom stereocenters. The molecule has 164 valence electrons. The largest absolute Gasteiger partial charge is 0.507 e. The molecule has 1 aromatic heterocycles. The van der Waals surface area contributed by atoms with Crippen molar-refractivity contribution in [2.75, 3.05) is 26.9 Å². The Labute approximate surface area is 182 Å². The number of unbranched alkanes of at least 4 members (excludes halogenated alkanes) is 1. The molecule has 2 aromatic rings. The summed E-state index contributed by atoms with van der Waals surface area (Å²) in [5, 5.41) is 11.1. The van der Waals surface area contributed by atoms with E-state index in [-0.39, 0.29) is 11.3 Å². The number of ether oxygens (including phenoxy) is 2. The van der Waals surface area contributed by atoms with Crippen LogP contribution in [0.15, 0.2) is 54.4 Å². The summed E-state index contributed by atoms with van der Waals surface area (Å²) in [6, 6.07) is 9.75. The van der Waals surface area contributed by atoms with Crippen LogP contribution in [0.5, 0.6) is 5.75 Å². The van der Waals surface area contributed by atoms with Gasteiger partial charge in [-0.15, -0.1) is 0 Å². The lowest BCUT2D eigenvalue weighted by Gasteiger charge is -2.25. The third-order valence-corrected chi connectivity index (χ3v) is 5.18. The second-order valence-electron chi connectivity index (χ2n) is 7.35. The van der Waals surface area contributed by atoms with Crippen molar-refractivity contribution < 1.29 is 24.2 Å². The predicted molar refractivity (Wildman–Crippen MR) is 117 cm³/mol. The van der Waals surface area contributed by atoms with E-state index in [0.717, 1.165) is 12.8 Å². The minimum absolute atomic E-state index is 0.0688. The van der Waals surface area contributed by atoms with Crippen molar-refractivity contribution in [2.45, 2.75) is 32.2 Å². The number of aliphatic hydroxyl groups is 1. The molecule has 0 spiro atoms. The summed E-state index contributed by atoms with van der Waals surface area (Å²) in [6.07, 6.45) is 5.72. The molecule has 1 N–H and O–H groups in total. The minimum atomic E-state index is -0.700. The number of nitrogens with zero attached hydrogens (tertiary/aromatic N) is 2. The molecule has 7 heteroatoms. The molecule has 1 aliphatic heterocycles. The van der Waals surface area contributed by atoms with Crippen molar-refractivity contribution in [1.29, 1.82) is 0 Å². The Kier molecular flexibility index (Phi) is 7.78. The number of ketones is 1. The molecule has 1 saturated heterocycles. The number of Topliss-reactive ketones (excluding diaryl/α,β-unsaturated/α-hetero) is 1. The number of likely N-dealkylation sites (tertiary alicyclic amines) is 1. The van der Waals surface area contributed by atoms with Gasteiger partial charge >= 0.3 is 0 Å². The van der Waals surface area contributed by atoms with Gasteiger partial charge in [-0.25, -0.2) is 0 Å². The first-order valence-corrected chi connectivity index (χ1v) is 10.5. The van der Waals surface area contributed by atoms with Gasteiger partial charge < -0.3 is 19.5 Å². The summed E-state index contributed by atoms with van der Waals surface area (Å²) in [7, 11) is 1.59. The number of carbonyl (C=O) groups is 2. The molecule has 3 rings (SSSR count). The zero-order valence-corrected chi connectivity index (χ0v) is 17.9. The van der Waals surface area contributed by atoms with Crippen LogP contribution in [0.4, 0.5) is 0 Å². The van der Waals surface area contributed by atoms with Crippen LogP contribution in [0.25, 0.3) is 5.76 Å². The van der Waals surface area contributed by atoms with E-state index >= 15 is 0 Å². The van der Waals surface area contributed by atoms with E-state index in [1.54, 1.807) is 55.9 Å². The lowest BCUT2D eigenvalue weighted by atomic mass is 9.96. The second-order valence-corrected chi connectivity index (χ2v) is 7.35. The maximum atomic E-state index is 13.0. The Morgan fingerprint density at radius 3 is 2.61 bits per heavy atom. The van der Waals surface area contributed by atoms with Crippen LogP contribution in [0.2, 0.25) is 0 Å². The molecule has 7 nitrogen and oxygen atoms in total. The number of methoxy groups -OCH3 is 1. The molecule has 0 bridgehead atoms. The van der Waals surface area contributed by atoms with Gasteiger partial charge in [0.25, 0.3) is 11.7 Å². The molecular weight excluding hydrogens is 396 g/mol. The quantitative estimate of drug-likeness (QED) is 0.271. The number of rotatable bonds is 10. The van der Waals surface area contributed by atoms with E-state index < -0.39 is 17.7 Å². The first-order chi connectivity index (χ1) is 15.1. The highest BCUT2D eigenvalue weighted by molar-refractivity contribution is 6.46. The fourth-order valence-electron chi connectivity index (χ4n) is 3.61. The summed E-state index contributed by atoms with van der Waals surface area (Å²) in [6.45, 7) is 3.45. The first-order valence-electron chi connectivity index (χ1n) is 10.5. The van der Waals surface area contributed by atoms with Gasteiger partial charge in [-0.3, -0.25) is 14.6 Å². The average Bonchev–Trinajstić information content (AvgIpc) is 3.05.